The number of rotatable bonds is 3. The summed E-state index contributed by atoms with van der Waals surface area (Å²) >= 11 is 0. The summed E-state index contributed by atoms with van der Waals surface area (Å²) in [5.41, 5.74) is 1.60. The summed E-state index contributed by atoms with van der Waals surface area (Å²) < 4.78 is 0. The van der Waals surface area contributed by atoms with Crippen molar-refractivity contribution < 1.29 is 5.11 Å². The summed E-state index contributed by atoms with van der Waals surface area (Å²) in [7, 11) is 0. The van der Waals surface area contributed by atoms with Gasteiger partial charge < -0.3 is 10.4 Å². The third kappa shape index (κ3) is 1.77. The highest BCUT2D eigenvalue weighted by Crippen LogP contribution is 2.65. The van der Waals surface area contributed by atoms with Crippen LogP contribution < -0.4 is 5.32 Å². The Bertz CT molecular complexity index is 456. The Balaban J connectivity index is 1.74. The van der Waals surface area contributed by atoms with Crippen molar-refractivity contribution in [2.24, 2.45) is 16.7 Å². The fourth-order valence-corrected chi connectivity index (χ4v) is 4.42. The lowest BCUT2D eigenvalue weighted by atomic mass is 9.70. The third-order valence-electron chi connectivity index (χ3n) is 6.18. The van der Waals surface area contributed by atoms with E-state index in [1.54, 1.807) is 0 Å². The van der Waals surface area contributed by atoms with Crippen molar-refractivity contribution >= 4 is 0 Å². The zero-order valence-corrected chi connectivity index (χ0v) is 12.2. The quantitative estimate of drug-likeness (QED) is 0.874. The molecule has 1 aromatic carbocycles. The molecule has 2 fully saturated rings. The Hall–Kier alpha value is -0.860. The van der Waals surface area contributed by atoms with Crippen LogP contribution in [0.2, 0.25) is 0 Å². The van der Waals surface area contributed by atoms with Gasteiger partial charge in [-0.2, -0.15) is 0 Å². The molecule has 0 amide bonds. The van der Waals surface area contributed by atoms with Crippen LogP contribution in [0.3, 0.4) is 0 Å². The Labute approximate surface area is 116 Å². The lowest BCUT2D eigenvalue weighted by Gasteiger charge is -2.37. The third-order valence-corrected chi connectivity index (χ3v) is 6.18. The van der Waals surface area contributed by atoms with Crippen molar-refractivity contribution in [1.82, 2.24) is 5.32 Å². The van der Waals surface area contributed by atoms with Gasteiger partial charge in [-0.05, 0) is 29.7 Å². The molecule has 2 aliphatic rings. The summed E-state index contributed by atoms with van der Waals surface area (Å²) in [5, 5.41) is 14.3. The van der Waals surface area contributed by atoms with Crippen molar-refractivity contribution in [3.8, 4) is 0 Å². The first-order valence-corrected chi connectivity index (χ1v) is 7.42. The number of aliphatic hydroxyl groups excluding tert-OH is 1. The van der Waals surface area contributed by atoms with Crippen molar-refractivity contribution in [2.45, 2.75) is 52.3 Å². The standard InChI is InChI=1S/C17H25NO/c1-16(2)13-9-10-17(16,3)15(19)14(13)18-11-12-7-5-4-6-8-12/h4-8,13-15,18-19H,9-11H2,1-3H3/t13-,14-,15+,17+/m1/s1. The number of aliphatic hydroxyl groups is 1. The number of hydrogen-bond acceptors (Lipinski definition) is 2. The molecular weight excluding hydrogens is 234 g/mol. The maximum Gasteiger partial charge on any atom is 0.0754 e. The predicted molar refractivity (Wildman–Crippen MR) is 77.7 cm³/mol. The Morgan fingerprint density at radius 1 is 1.21 bits per heavy atom. The van der Waals surface area contributed by atoms with Crippen molar-refractivity contribution in [2.75, 3.05) is 0 Å². The number of benzene rings is 1. The Morgan fingerprint density at radius 3 is 2.47 bits per heavy atom. The van der Waals surface area contributed by atoms with Gasteiger partial charge in [-0.3, -0.25) is 0 Å². The molecular formula is C17H25NO. The molecule has 104 valence electrons. The maximum absolute atomic E-state index is 10.7. The van der Waals surface area contributed by atoms with Crippen LogP contribution in [0.25, 0.3) is 0 Å². The zero-order chi connectivity index (χ0) is 13.7. The highest BCUT2D eigenvalue weighted by molar-refractivity contribution is 5.19. The molecule has 2 nitrogen and oxygen atoms in total. The van der Waals surface area contributed by atoms with Crippen molar-refractivity contribution in [1.29, 1.82) is 0 Å². The summed E-state index contributed by atoms with van der Waals surface area (Å²) in [6, 6.07) is 10.7. The smallest absolute Gasteiger partial charge is 0.0754 e. The van der Waals surface area contributed by atoms with E-state index in [-0.39, 0.29) is 23.0 Å². The molecule has 2 N–H and O–H groups in total. The van der Waals surface area contributed by atoms with Gasteiger partial charge in [-0.15, -0.1) is 0 Å². The number of fused-ring (bicyclic) bond motifs is 2. The van der Waals surface area contributed by atoms with Crippen molar-refractivity contribution in [3.63, 3.8) is 0 Å². The number of hydrogen-bond donors (Lipinski definition) is 2. The molecule has 0 unspecified atom stereocenters. The summed E-state index contributed by atoms with van der Waals surface area (Å²) in [6.45, 7) is 7.78. The van der Waals surface area contributed by atoms with E-state index in [0.29, 0.717) is 5.92 Å². The minimum atomic E-state index is -0.218. The van der Waals surface area contributed by atoms with Crippen LogP contribution in [0.1, 0.15) is 39.2 Å². The van der Waals surface area contributed by atoms with Crippen LogP contribution in [-0.4, -0.2) is 17.3 Å². The maximum atomic E-state index is 10.7. The predicted octanol–water partition coefficient (Wildman–Crippen LogP) is 2.96. The van der Waals surface area contributed by atoms with Gasteiger partial charge in [0.05, 0.1) is 6.10 Å². The normalized spacial score (nSPS) is 39.7. The van der Waals surface area contributed by atoms with Crippen LogP contribution >= 0.6 is 0 Å². The molecule has 4 atom stereocenters. The van der Waals surface area contributed by atoms with Crippen LogP contribution in [0.4, 0.5) is 0 Å². The lowest BCUT2D eigenvalue weighted by molar-refractivity contribution is -0.000176. The molecule has 19 heavy (non-hydrogen) atoms. The summed E-state index contributed by atoms with van der Waals surface area (Å²) in [4.78, 5) is 0. The van der Waals surface area contributed by atoms with Gasteiger partial charge in [0.25, 0.3) is 0 Å². The Morgan fingerprint density at radius 2 is 1.89 bits per heavy atom. The first-order valence-electron chi connectivity index (χ1n) is 7.42. The number of nitrogens with one attached hydrogen (secondary N) is 1. The van der Waals surface area contributed by atoms with Gasteiger partial charge in [0.2, 0.25) is 0 Å². The molecule has 1 aromatic rings. The highest BCUT2D eigenvalue weighted by Gasteiger charge is 2.65. The van der Waals surface area contributed by atoms with E-state index in [1.807, 2.05) is 6.07 Å². The van der Waals surface area contributed by atoms with Crippen molar-refractivity contribution in [3.05, 3.63) is 35.9 Å². The van der Waals surface area contributed by atoms with Gasteiger partial charge in [-0.1, -0.05) is 51.1 Å². The molecule has 0 heterocycles. The monoisotopic (exact) mass is 259 g/mol. The van der Waals surface area contributed by atoms with Gasteiger partial charge in [0, 0.05) is 18.0 Å². The first kappa shape index (κ1) is 13.1. The molecule has 0 aromatic heterocycles. The topological polar surface area (TPSA) is 32.3 Å². The van der Waals surface area contributed by atoms with Crippen LogP contribution in [0.15, 0.2) is 30.3 Å². The summed E-state index contributed by atoms with van der Waals surface area (Å²) in [5.74, 6) is 0.594. The van der Waals surface area contributed by atoms with Gasteiger partial charge in [0.1, 0.15) is 0 Å². The van der Waals surface area contributed by atoms with E-state index < -0.39 is 0 Å². The minimum Gasteiger partial charge on any atom is -0.391 e. The van der Waals surface area contributed by atoms with Gasteiger partial charge in [-0.25, -0.2) is 0 Å². The van der Waals surface area contributed by atoms with E-state index in [4.69, 9.17) is 0 Å². The second kappa shape index (κ2) is 4.32. The average Bonchev–Trinajstić information content (AvgIpc) is 2.70. The summed E-state index contributed by atoms with van der Waals surface area (Å²) in [6.07, 6.45) is 2.19. The Kier molecular flexibility index (Phi) is 2.99. The zero-order valence-electron chi connectivity index (χ0n) is 12.2. The molecule has 0 aliphatic heterocycles. The first-order chi connectivity index (χ1) is 8.97. The fourth-order valence-electron chi connectivity index (χ4n) is 4.42. The molecule has 0 saturated heterocycles. The molecule has 2 aliphatic carbocycles. The largest absolute Gasteiger partial charge is 0.391 e. The fraction of sp³-hybridized carbons (Fsp3) is 0.647. The molecule has 0 spiro atoms. The van der Waals surface area contributed by atoms with Crippen LogP contribution in [0, 0.1) is 16.7 Å². The van der Waals surface area contributed by atoms with Crippen LogP contribution in [0.5, 0.6) is 0 Å². The van der Waals surface area contributed by atoms with Gasteiger partial charge in [0.15, 0.2) is 0 Å². The van der Waals surface area contributed by atoms with Crippen LogP contribution in [-0.2, 0) is 6.54 Å². The average molecular weight is 259 g/mol. The molecule has 3 rings (SSSR count). The SMILES string of the molecule is CC1(C)[C@@H]2CC[C@@]1(C)[C@@H](O)[C@@H]2NCc1ccccc1. The minimum absolute atomic E-state index is 0.0754. The van der Waals surface area contributed by atoms with E-state index in [9.17, 15) is 5.11 Å². The van der Waals surface area contributed by atoms with E-state index >= 15 is 0 Å². The molecule has 2 saturated carbocycles. The van der Waals surface area contributed by atoms with E-state index in [0.717, 1.165) is 13.0 Å². The second-order valence-electron chi connectivity index (χ2n) is 7.12. The van der Waals surface area contributed by atoms with Gasteiger partial charge >= 0.3 is 0 Å². The highest BCUT2D eigenvalue weighted by atomic mass is 16.3. The van der Waals surface area contributed by atoms with E-state index in [1.165, 1.54) is 12.0 Å². The second-order valence-corrected chi connectivity index (χ2v) is 7.12. The molecule has 2 bridgehead atoms. The lowest BCUT2D eigenvalue weighted by Crippen LogP contribution is -2.46. The molecule has 2 heteroatoms. The van der Waals surface area contributed by atoms with E-state index in [2.05, 4.69) is 50.4 Å². The molecule has 0 radical (unpaired) electrons.